The van der Waals surface area contributed by atoms with Crippen LogP contribution in [0.5, 0.6) is 0 Å². The van der Waals surface area contributed by atoms with Crippen molar-refractivity contribution in [2.75, 3.05) is 6.54 Å². The van der Waals surface area contributed by atoms with Gasteiger partial charge in [0.25, 0.3) is 0 Å². The summed E-state index contributed by atoms with van der Waals surface area (Å²) >= 11 is 0. The van der Waals surface area contributed by atoms with Gasteiger partial charge in [-0.3, -0.25) is 4.79 Å². The number of rotatable bonds is 4. The van der Waals surface area contributed by atoms with E-state index in [1.54, 1.807) is 0 Å². The fourth-order valence-corrected chi connectivity index (χ4v) is 2.84. The fourth-order valence-electron chi connectivity index (χ4n) is 2.84. The molecule has 0 heterocycles. The van der Waals surface area contributed by atoms with Gasteiger partial charge in [-0.1, -0.05) is 26.7 Å². The van der Waals surface area contributed by atoms with E-state index in [1.165, 1.54) is 6.42 Å². The van der Waals surface area contributed by atoms with Crippen LogP contribution in [-0.2, 0) is 4.79 Å². The molecule has 108 valence electrons. The van der Waals surface area contributed by atoms with Crippen molar-refractivity contribution in [1.82, 2.24) is 10.6 Å². The van der Waals surface area contributed by atoms with Gasteiger partial charge in [0.05, 0.1) is 5.41 Å². The van der Waals surface area contributed by atoms with Crippen molar-refractivity contribution >= 4 is 12.0 Å². The van der Waals surface area contributed by atoms with E-state index >= 15 is 0 Å². The van der Waals surface area contributed by atoms with Crippen molar-refractivity contribution < 1.29 is 14.7 Å². The Hall–Kier alpha value is -1.26. The molecule has 1 unspecified atom stereocenters. The summed E-state index contributed by atoms with van der Waals surface area (Å²) < 4.78 is 0. The van der Waals surface area contributed by atoms with Gasteiger partial charge in [-0.05, 0) is 31.1 Å². The summed E-state index contributed by atoms with van der Waals surface area (Å²) in [6, 6.07) is -0.0475. The fraction of sp³-hybridized carbons (Fsp3) is 0.857. The second kappa shape index (κ2) is 5.02. The molecule has 0 saturated heterocycles. The Labute approximate surface area is 114 Å². The van der Waals surface area contributed by atoms with Gasteiger partial charge in [-0.25, -0.2) is 4.79 Å². The highest BCUT2D eigenvalue weighted by Gasteiger charge is 2.50. The average Bonchev–Trinajstić information content (AvgIpc) is 3.10. The third-order valence-electron chi connectivity index (χ3n) is 4.71. The first-order chi connectivity index (χ1) is 8.86. The lowest BCUT2D eigenvalue weighted by Gasteiger charge is -2.39. The van der Waals surface area contributed by atoms with E-state index in [1.807, 2.05) is 0 Å². The molecule has 0 aromatic rings. The van der Waals surface area contributed by atoms with Crippen LogP contribution in [0.3, 0.4) is 0 Å². The highest BCUT2D eigenvalue weighted by Crippen LogP contribution is 2.45. The molecular weight excluding hydrogens is 244 g/mol. The quantitative estimate of drug-likeness (QED) is 0.730. The number of carboxylic acid groups (broad SMARTS) is 1. The molecule has 0 radical (unpaired) electrons. The summed E-state index contributed by atoms with van der Waals surface area (Å²) in [5, 5.41) is 14.8. The maximum Gasteiger partial charge on any atom is 0.315 e. The summed E-state index contributed by atoms with van der Waals surface area (Å²) in [4.78, 5) is 22.9. The van der Waals surface area contributed by atoms with Gasteiger partial charge >= 0.3 is 12.0 Å². The zero-order valence-corrected chi connectivity index (χ0v) is 11.8. The Bertz CT molecular complexity index is 375. The Morgan fingerprint density at radius 3 is 2.42 bits per heavy atom. The van der Waals surface area contributed by atoms with E-state index in [0.717, 1.165) is 19.3 Å². The molecule has 2 fully saturated rings. The lowest BCUT2D eigenvalue weighted by Crippen LogP contribution is -2.51. The van der Waals surface area contributed by atoms with Crippen molar-refractivity contribution in [2.45, 2.75) is 58.4 Å². The molecule has 3 N–H and O–H groups in total. The largest absolute Gasteiger partial charge is 0.481 e. The van der Waals surface area contributed by atoms with Gasteiger partial charge in [-0.2, -0.15) is 0 Å². The Balaban J connectivity index is 1.80. The van der Waals surface area contributed by atoms with Crippen LogP contribution in [0.4, 0.5) is 4.79 Å². The van der Waals surface area contributed by atoms with Gasteiger partial charge in [0.15, 0.2) is 0 Å². The molecule has 2 amide bonds. The van der Waals surface area contributed by atoms with Crippen LogP contribution in [0, 0.1) is 10.8 Å². The molecule has 2 rings (SSSR count). The molecule has 0 bridgehead atoms. The average molecular weight is 268 g/mol. The third kappa shape index (κ3) is 3.19. The molecule has 2 aliphatic rings. The van der Waals surface area contributed by atoms with Crippen LogP contribution in [0.1, 0.15) is 52.4 Å². The number of nitrogens with one attached hydrogen (secondary N) is 2. The smallest absolute Gasteiger partial charge is 0.315 e. The number of urea groups is 1. The predicted octanol–water partition coefficient (Wildman–Crippen LogP) is 2.12. The highest BCUT2D eigenvalue weighted by molar-refractivity contribution is 5.80. The number of carboxylic acids is 1. The van der Waals surface area contributed by atoms with Crippen LogP contribution in [0.25, 0.3) is 0 Å². The van der Waals surface area contributed by atoms with Crippen molar-refractivity contribution in [1.29, 1.82) is 0 Å². The molecule has 0 aromatic heterocycles. The number of hydrogen-bond acceptors (Lipinski definition) is 2. The van der Waals surface area contributed by atoms with Crippen molar-refractivity contribution in [3.05, 3.63) is 0 Å². The molecular formula is C14H24N2O3. The topological polar surface area (TPSA) is 78.4 Å². The first kappa shape index (κ1) is 14.2. The van der Waals surface area contributed by atoms with E-state index in [-0.39, 0.29) is 24.0 Å². The van der Waals surface area contributed by atoms with Crippen LogP contribution in [-0.4, -0.2) is 29.7 Å². The Morgan fingerprint density at radius 2 is 1.89 bits per heavy atom. The molecule has 5 heteroatoms. The zero-order valence-electron chi connectivity index (χ0n) is 11.8. The molecule has 2 aliphatic carbocycles. The number of carbonyl (C=O) groups is 2. The lowest BCUT2D eigenvalue weighted by molar-refractivity contribution is -0.143. The van der Waals surface area contributed by atoms with Crippen molar-refractivity contribution in [3.63, 3.8) is 0 Å². The molecule has 0 aliphatic heterocycles. The minimum atomic E-state index is -0.800. The first-order valence-electron chi connectivity index (χ1n) is 7.14. The van der Waals surface area contributed by atoms with E-state index < -0.39 is 11.4 Å². The first-order valence-corrected chi connectivity index (χ1v) is 7.14. The van der Waals surface area contributed by atoms with Gasteiger partial charge in [-0.15, -0.1) is 0 Å². The molecule has 19 heavy (non-hydrogen) atoms. The summed E-state index contributed by atoms with van der Waals surface area (Å²) in [6.07, 6.45) is 5.82. The van der Waals surface area contributed by atoms with E-state index in [9.17, 15) is 9.59 Å². The maximum absolute atomic E-state index is 11.9. The molecule has 0 spiro atoms. The number of aliphatic carboxylic acids is 1. The van der Waals surface area contributed by atoms with Crippen molar-refractivity contribution in [3.8, 4) is 0 Å². The van der Waals surface area contributed by atoms with Crippen LogP contribution >= 0.6 is 0 Å². The van der Waals surface area contributed by atoms with E-state index in [2.05, 4.69) is 24.5 Å². The zero-order chi connectivity index (χ0) is 14.1. The van der Waals surface area contributed by atoms with Crippen LogP contribution in [0.2, 0.25) is 0 Å². The summed E-state index contributed by atoms with van der Waals surface area (Å²) in [7, 11) is 0. The highest BCUT2D eigenvalue weighted by atomic mass is 16.4. The molecule has 0 aromatic carbocycles. The van der Waals surface area contributed by atoms with Gasteiger partial charge in [0.1, 0.15) is 0 Å². The Kier molecular flexibility index (Phi) is 3.74. The van der Waals surface area contributed by atoms with Crippen molar-refractivity contribution in [2.24, 2.45) is 10.8 Å². The molecule has 1 atom stereocenters. The predicted molar refractivity (Wildman–Crippen MR) is 71.9 cm³/mol. The Morgan fingerprint density at radius 1 is 1.21 bits per heavy atom. The minimum absolute atomic E-state index is 0.125. The monoisotopic (exact) mass is 268 g/mol. The third-order valence-corrected chi connectivity index (χ3v) is 4.71. The number of amides is 2. The van der Waals surface area contributed by atoms with Gasteiger partial charge < -0.3 is 15.7 Å². The number of hydrogen-bond donors (Lipinski definition) is 3. The molecule has 5 nitrogen and oxygen atoms in total. The van der Waals surface area contributed by atoms with E-state index in [4.69, 9.17) is 5.11 Å². The second-order valence-corrected chi connectivity index (χ2v) is 6.70. The normalized spacial score (nSPS) is 27.4. The molecule has 2 saturated carbocycles. The van der Waals surface area contributed by atoms with Gasteiger partial charge in [0.2, 0.25) is 0 Å². The maximum atomic E-state index is 11.9. The van der Waals surface area contributed by atoms with Crippen LogP contribution < -0.4 is 10.6 Å². The van der Waals surface area contributed by atoms with Gasteiger partial charge in [0, 0.05) is 12.6 Å². The lowest BCUT2D eigenvalue weighted by atomic mass is 9.73. The van der Waals surface area contributed by atoms with E-state index in [0.29, 0.717) is 12.8 Å². The SMILES string of the molecule is CC1(C)CCCCC1NC(=O)NCC1(C(=O)O)CC1. The van der Waals surface area contributed by atoms with Crippen LogP contribution in [0.15, 0.2) is 0 Å². The summed E-state index contributed by atoms with van der Waals surface area (Å²) in [5.41, 5.74) is -0.570. The number of carbonyl (C=O) groups excluding carboxylic acids is 1. The second-order valence-electron chi connectivity index (χ2n) is 6.70. The minimum Gasteiger partial charge on any atom is -0.481 e. The summed E-state index contributed by atoms with van der Waals surface area (Å²) in [6.45, 7) is 4.59. The standard InChI is InChI=1S/C14H24N2O3/c1-13(2)6-4-3-5-10(13)16-12(19)15-9-14(7-8-14)11(17)18/h10H,3-9H2,1-2H3,(H,17,18)(H2,15,16,19). The summed E-state index contributed by atoms with van der Waals surface area (Å²) in [5.74, 6) is -0.800.